The quantitative estimate of drug-likeness (QED) is 0.385. The second-order valence-corrected chi connectivity index (χ2v) is 6.07. The monoisotopic (exact) mass is 349 g/mol. The zero-order valence-electron chi connectivity index (χ0n) is 15.2. The van der Waals surface area contributed by atoms with Gasteiger partial charge in [0, 0.05) is 40.0 Å². The van der Waals surface area contributed by atoms with Gasteiger partial charge in [-0.05, 0) is 37.3 Å². The molecule has 2 rings (SSSR count). The first kappa shape index (κ1) is 19.5. The molecular weight excluding hydrogens is 318 g/mol. The van der Waals surface area contributed by atoms with Crippen molar-refractivity contribution in [2.75, 3.05) is 53.2 Å². The molecule has 0 radical (unpaired) electrons. The van der Waals surface area contributed by atoms with E-state index in [4.69, 9.17) is 14.2 Å². The third-order valence-electron chi connectivity index (χ3n) is 4.08. The number of para-hydroxylation sites is 1. The van der Waals surface area contributed by atoms with Gasteiger partial charge < -0.3 is 24.8 Å². The molecule has 1 aliphatic rings. The van der Waals surface area contributed by atoms with Crippen LogP contribution in [0.1, 0.15) is 19.3 Å². The molecule has 1 saturated heterocycles. The van der Waals surface area contributed by atoms with Crippen molar-refractivity contribution >= 4 is 5.96 Å². The molecule has 0 amide bonds. The number of rotatable bonds is 10. The summed E-state index contributed by atoms with van der Waals surface area (Å²) in [6, 6.07) is 9.81. The van der Waals surface area contributed by atoms with Crippen LogP contribution < -0.4 is 15.4 Å². The number of nitrogens with one attached hydrogen (secondary N) is 2. The molecule has 1 aromatic carbocycles. The van der Waals surface area contributed by atoms with Crippen molar-refractivity contribution < 1.29 is 14.2 Å². The molecule has 0 aliphatic carbocycles. The number of hydrogen-bond acceptors (Lipinski definition) is 4. The Hall–Kier alpha value is -1.79. The molecule has 140 valence electrons. The Kier molecular flexibility index (Phi) is 9.81. The molecule has 0 unspecified atom stereocenters. The molecule has 6 nitrogen and oxygen atoms in total. The Morgan fingerprint density at radius 2 is 1.88 bits per heavy atom. The lowest BCUT2D eigenvalue weighted by Gasteiger charge is -2.21. The van der Waals surface area contributed by atoms with Crippen LogP contribution in [0.5, 0.6) is 5.75 Å². The molecule has 0 saturated carbocycles. The summed E-state index contributed by atoms with van der Waals surface area (Å²) in [7, 11) is 1.77. The van der Waals surface area contributed by atoms with E-state index in [1.807, 2.05) is 30.3 Å². The van der Waals surface area contributed by atoms with E-state index in [0.717, 1.165) is 63.9 Å². The van der Waals surface area contributed by atoms with E-state index < -0.39 is 0 Å². The van der Waals surface area contributed by atoms with Gasteiger partial charge in [0.15, 0.2) is 5.96 Å². The molecule has 2 N–H and O–H groups in total. The van der Waals surface area contributed by atoms with E-state index in [-0.39, 0.29) is 0 Å². The largest absolute Gasteiger partial charge is 0.492 e. The first-order valence-corrected chi connectivity index (χ1v) is 9.16. The lowest BCUT2D eigenvalue weighted by molar-refractivity contribution is 0.0203. The van der Waals surface area contributed by atoms with Crippen LogP contribution in [0.4, 0.5) is 0 Å². The zero-order chi connectivity index (χ0) is 17.6. The van der Waals surface area contributed by atoms with Crippen LogP contribution in [0.25, 0.3) is 0 Å². The minimum atomic E-state index is 0.596. The van der Waals surface area contributed by atoms with Crippen LogP contribution in [0.3, 0.4) is 0 Å². The van der Waals surface area contributed by atoms with Gasteiger partial charge in [0.1, 0.15) is 12.4 Å². The highest BCUT2D eigenvalue weighted by Gasteiger charge is 2.13. The van der Waals surface area contributed by atoms with Crippen molar-refractivity contribution in [1.29, 1.82) is 0 Å². The minimum Gasteiger partial charge on any atom is -0.492 e. The molecule has 0 bridgehead atoms. The van der Waals surface area contributed by atoms with Gasteiger partial charge >= 0.3 is 0 Å². The molecule has 0 aromatic heterocycles. The summed E-state index contributed by atoms with van der Waals surface area (Å²) in [5, 5.41) is 6.53. The summed E-state index contributed by atoms with van der Waals surface area (Å²) in [4.78, 5) is 4.21. The summed E-state index contributed by atoms with van der Waals surface area (Å²) in [5.41, 5.74) is 0. The lowest BCUT2D eigenvalue weighted by atomic mass is 10.0. The molecule has 1 aromatic rings. The Labute approximate surface area is 151 Å². The average Bonchev–Trinajstić information content (AvgIpc) is 2.67. The smallest absolute Gasteiger partial charge is 0.191 e. The molecule has 6 heteroatoms. The highest BCUT2D eigenvalue weighted by Crippen LogP contribution is 2.14. The number of nitrogens with zero attached hydrogens (tertiary/aromatic N) is 1. The van der Waals surface area contributed by atoms with Gasteiger partial charge in [0.05, 0.1) is 6.54 Å². The summed E-state index contributed by atoms with van der Waals surface area (Å²) in [6.07, 6.45) is 3.21. The fourth-order valence-corrected chi connectivity index (χ4v) is 2.62. The average molecular weight is 349 g/mol. The molecule has 25 heavy (non-hydrogen) atoms. The van der Waals surface area contributed by atoms with Crippen LogP contribution in [-0.2, 0) is 9.47 Å². The van der Waals surface area contributed by atoms with Gasteiger partial charge in [0.25, 0.3) is 0 Å². The number of hydrogen-bond donors (Lipinski definition) is 2. The maximum Gasteiger partial charge on any atom is 0.191 e. The standard InChI is InChI=1S/C19H31N3O3/c1-20-19(22-11-15-25-18-6-3-2-4-7-18)21-10-5-12-24-16-17-8-13-23-14-9-17/h2-4,6-7,17H,5,8-16H2,1H3,(H2,20,21,22). The zero-order valence-corrected chi connectivity index (χ0v) is 15.2. The van der Waals surface area contributed by atoms with Crippen molar-refractivity contribution in [3.63, 3.8) is 0 Å². The Morgan fingerprint density at radius 1 is 1.12 bits per heavy atom. The van der Waals surface area contributed by atoms with E-state index in [0.29, 0.717) is 19.1 Å². The fraction of sp³-hybridized carbons (Fsp3) is 0.632. The normalized spacial score (nSPS) is 15.8. The third-order valence-corrected chi connectivity index (χ3v) is 4.08. The van der Waals surface area contributed by atoms with E-state index in [1.54, 1.807) is 7.05 Å². The maximum absolute atomic E-state index is 5.76. The van der Waals surface area contributed by atoms with E-state index in [2.05, 4.69) is 15.6 Å². The highest BCUT2D eigenvalue weighted by molar-refractivity contribution is 5.79. The van der Waals surface area contributed by atoms with Crippen LogP contribution in [0.2, 0.25) is 0 Å². The van der Waals surface area contributed by atoms with Crippen molar-refractivity contribution in [2.45, 2.75) is 19.3 Å². The van der Waals surface area contributed by atoms with Gasteiger partial charge in [-0.1, -0.05) is 18.2 Å². The van der Waals surface area contributed by atoms with E-state index in [9.17, 15) is 0 Å². The first-order valence-electron chi connectivity index (χ1n) is 9.16. The topological polar surface area (TPSA) is 64.1 Å². The second-order valence-electron chi connectivity index (χ2n) is 6.07. The van der Waals surface area contributed by atoms with Crippen molar-refractivity contribution in [2.24, 2.45) is 10.9 Å². The van der Waals surface area contributed by atoms with Gasteiger partial charge in [-0.25, -0.2) is 0 Å². The third kappa shape index (κ3) is 8.74. The highest BCUT2D eigenvalue weighted by atomic mass is 16.5. The Bertz CT molecular complexity index is 476. The van der Waals surface area contributed by atoms with Crippen LogP contribution in [-0.4, -0.2) is 59.1 Å². The number of benzene rings is 1. The Balaban J connectivity index is 1.44. The molecule has 1 aliphatic heterocycles. The predicted molar refractivity (Wildman–Crippen MR) is 100 cm³/mol. The number of aliphatic imine (C=N–C) groups is 1. The molecule has 1 fully saturated rings. The predicted octanol–water partition coefficient (Wildman–Crippen LogP) is 2.06. The molecule has 0 spiro atoms. The fourth-order valence-electron chi connectivity index (χ4n) is 2.62. The first-order chi connectivity index (χ1) is 12.4. The number of ether oxygens (including phenoxy) is 3. The summed E-state index contributed by atoms with van der Waals surface area (Å²) in [6.45, 7) is 5.53. The van der Waals surface area contributed by atoms with Gasteiger partial charge in [-0.3, -0.25) is 4.99 Å². The van der Waals surface area contributed by atoms with Crippen LogP contribution >= 0.6 is 0 Å². The molecule has 0 atom stereocenters. The van der Waals surface area contributed by atoms with Crippen molar-refractivity contribution in [1.82, 2.24) is 10.6 Å². The Morgan fingerprint density at radius 3 is 2.64 bits per heavy atom. The van der Waals surface area contributed by atoms with Gasteiger partial charge in [-0.2, -0.15) is 0 Å². The second kappa shape index (κ2) is 12.6. The van der Waals surface area contributed by atoms with Gasteiger partial charge in [0.2, 0.25) is 0 Å². The van der Waals surface area contributed by atoms with E-state index in [1.165, 1.54) is 0 Å². The molecular formula is C19H31N3O3. The summed E-state index contributed by atoms with van der Waals surface area (Å²) < 4.78 is 16.8. The summed E-state index contributed by atoms with van der Waals surface area (Å²) >= 11 is 0. The number of guanidine groups is 1. The maximum atomic E-state index is 5.76. The van der Waals surface area contributed by atoms with Crippen molar-refractivity contribution in [3.05, 3.63) is 30.3 Å². The minimum absolute atomic E-state index is 0.596. The SMILES string of the molecule is CN=C(NCCCOCC1CCOCC1)NCCOc1ccccc1. The van der Waals surface area contributed by atoms with E-state index >= 15 is 0 Å². The summed E-state index contributed by atoms with van der Waals surface area (Å²) in [5.74, 6) is 2.34. The van der Waals surface area contributed by atoms with Crippen LogP contribution in [0, 0.1) is 5.92 Å². The van der Waals surface area contributed by atoms with Gasteiger partial charge in [-0.15, -0.1) is 0 Å². The molecule has 1 heterocycles. The lowest BCUT2D eigenvalue weighted by Crippen LogP contribution is -2.39. The van der Waals surface area contributed by atoms with Crippen LogP contribution in [0.15, 0.2) is 35.3 Å². The van der Waals surface area contributed by atoms with Crippen molar-refractivity contribution in [3.8, 4) is 5.75 Å².